The molecule has 1 aliphatic heterocycles. The largest absolute Gasteiger partial charge is 0.444 e. The molecule has 1 fully saturated rings. The van der Waals surface area contributed by atoms with Crippen molar-refractivity contribution >= 4 is 17.5 Å². The quantitative estimate of drug-likeness (QED) is 0.493. The van der Waals surface area contributed by atoms with Gasteiger partial charge in [-0.25, -0.2) is 9.18 Å². The van der Waals surface area contributed by atoms with Crippen molar-refractivity contribution in [1.29, 1.82) is 5.26 Å². The van der Waals surface area contributed by atoms with E-state index in [1.165, 1.54) is 11.0 Å². The highest BCUT2D eigenvalue weighted by atomic mass is 19.1. The Morgan fingerprint density at radius 3 is 2.70 bits per heavy atom. The summed E-state index contributed by atoms with van der Waals surface area (Å²) in [6.07, 6.45) is 3.74. The zero-order valence-electron chi connectivity index (χ0n) is 23.7. The van der Waals surface area contributed by atoms with E-state index in [1.807, 2.05) is 42.8 Å². The molecule has 0 spiro atoms. The fraction of sp³-hybridized carbons (Fsp3) is 0.467. The molecule has 0 radical (unpaired) electrons. The predicted molar refractivity (Wildman–Crippen MR) is 148 cm³/mol. The highest BCUT2D eigenvalue weighted by molar-refractivity contribution is 5.82. The van der Waals surface area contributed by atoms with E-state index >= 15 is 4.39 Å². The molecule has 0 unspecified atom stereocenters. The zero-order chi connectivity index (χ0) is 29.0. The minimum Gasteiger partial charge on any atom is -0.444 e. The minimum atomic E-state index is -0.981. The summed E-state index contributed by atoms with van der Waals surface area (Å²) in [4.78, 5) is 31.6. The van der Waals surface area contributed by atoms with E-state index < -0.39 is 35.6 Å². The van der Waals surface area contributed by atoms with Crippen LogP contribution >= 0.6 is 0 Å². The molecule has 1 aromatic carbocycles. The van der Waals surface area contributed by atoms with Gasteiger partial charge in [0.2, 0.25) is 0 Å². The van der Waals surface area contributed by atoms with Crippen LogP contribution in [0.5, 0.6) is 0 Å². The number of aryl methyl sites for hydroxylation is 2. The number of rotatable bonds is 5. The van der Waals surface area contributed by atoms with Crippen LogP contribution in [0.25, 0.3) is 16.6 Å². The number of nitrogens with one attached hydrogen (secondary N) is 1. The first-order valence-corrected chi connectivity index (χ1v) is 13.5. The second-order valence-electron chi connectivity index (χ2n) is 11.2. The summed E-state index contributed by atoms with van der Waals surface area (Å²) in [5.41, 5.74) is 3.90. The molecular formula is C30H36FN5O4. The molecule has 3 heterocycles. The molecule has 212 valence electrons. The zero-order valence-corrected chi connectivity index (χ0v) is 23.7. The number of hydrogen-bond acceptors (Lipinski definition) is 6. The van der Waals surface area contributed by atoms with Gasteiger partial charge in [0.15, 0.2) is 6.10 Å². The maximum atomic E-state index is 15.2. The van der Waals surface area contributed by atoms with E-state index in [1.54, 1.807) is 32.9 Å². The third-order valence-corrected chi connectivity index (χ3v) is 6.64. The maximum absolute atomic E-state index is 15.2. The first-order chi connectivity index (χ1) is 18.9. The average molecular weight is 550 g/mol. The van der Waals surface area contributed by atoms with Crippen molar-refractivity contribution in [3.05, 3.63) is 59.4 Å². The minimum absolute atomic E-state index is 0.00246. The van der Waals surface area contributed by atoms with Crippen molar-refractivity contribution in [3.8, 4) is 17.2 Å². The number of nitriles is 1. The second-order valence-corrected chi connectivity index (χ2v) is 11.2. The Hall–Kier alpha value is -3.97. The Balaban J connectivity index is 1.44. The lowest BCUT2D eigenvalue weighted by atomic mass is 10.0. The lowest BCUT2D eigenvalue weighted by Gasteiger charge is -2.31. The second kappa shape index (κ2) is 12.0. The summed E-state index contributed by atoms with van der Waals surface area (Å²) >= 11 is 0. The van der Waals surface area contributed by atoms with E-state index in [0.717, 1.165) is 28.9 Å². The molecular weight excluding hydrogens is 513 g/mol. The number of fused-ring (bicyclic) bond motifs is 1. The van der Waals surface area contributed by atoms with E-state index in [4.69, 9.17) is 9.47 Å². The average Bonchev–Trinajstić information content (AvgIpc) is 3.28. The molecule has 2 aromatic heterocycles. The number of aromatic nitrogens is 2. The van der Waals surface area contributed by atoms with Crippen LogP contribution in [0.2, 0.25) is 0 Å². The summed E-state index contributed by atoms with van der Waals surface area (Å²) < 4.78 is 28.3. The van der Waals surface area contributed by atoms with Crippen LogP contribution in [0.3, 0.4) is 0 Å². The third kappa shape index (κ3) is 7.16. The van der Waals surface area contributed by atoms with Crippen molar-refractivity contribution in [2.75, 3.05) is 19.7 Å². The smallest absolute Gasteiger partial charge is 0.410 e. The third-order valence-electron chi connectivity index (χ3n) is 6.64. The molecule has 0 aliphatic carbocycles. The number of benzene rings is 1. The molecule has 0 saturated carbocycles. The molecule has 40 heavy (non-hydrogen) atoms. The molecule has 0 bridgehead atoms. The number of hydrogen-bond donors (Lipinski definition) is 1. The molecule has 2 atom stereocenters. The van der Waals surface area contributed by atoms with Crippen LogP contribution < -0.4 is 5.32 Å². The van der Waals surface area contributed by atoms with Gasteiger partial charge < -0.3 is 24.1 Å². The van der Waals surface area contributed by atoms with E-state index in [0.29, 0.717) is 30.7 Å². The van der Waals surface area contributed by atoms with E-state index in [9.17, 15) is 14.9 Å². The van der Waals surface area contributed by atoms with Gasteiger partial charge in [0.05, 0.1) is 29.5 Å². The Morgan fingerprint density at radius 2 is 2.00 bits per heavy atom. The number of carbonyl (C=O) groups is 2. The summed E-state index contributed by atoms with van der Waals surface area (Å²) in [6, 6.07) is 7.90. The summed E-state index contributed by atoms with van der Waals surface area (Å²) in [7, 11) is 0. The van der Waals surface area contributed by atoms with Gasteiger partial charge in [-0.2, -0.15) is 5.26 Å². The molecule has 3 aromatic rings. The molecule has 1 N–H and O–H groups in total. The van der Waals surface area contributed by atoms with Crippen LogP contribution in [0.4, 0.5) is 9.18 Å². The fourth-order valence-corrected chi connectivity index (χ4v) is 4.72. The van der Waals surface area contributed by atoms with Crippen molar-refractivity contribution < 1.29 is 23.5 Å². The monoisotopic (exact) mass is 549 g/mol. The normalized spacial score (nSPS) is 17.0. The van der Waals surface area contributed by atoms with Gasteiger partial charge in [-0.15, -0.1) is 0 Å². The standard InChI is InChI=1S/C30H36FN5O4/c1-19-16-36-17-23(14-26(36)20(2)33-19)21-8-9-22(25(31)13-21)12-24(15-32)34-28(37)27-18-35(10-6-7-11-39-27)29(38)40-30(3,4)5/h8-9,13-14,16-17,24,27H,6-7,10-12,18H2,1-5H3,(H,34,37)/t24-,27-/m0/s1. The molecule has 4 rings (SSSR count). The van der Waals surface area contributed by atoms with Gasteiger partial charge in [0.1, 0.15) is 17.5 Å². The van der Waals surface area contributed by atoms with Gasteiger partial charge >= 0.3 is 6.09 Å². The summed E-state index contributed by atoms with van der Waals surface area (Å²) in [5, 5.41) is 12.4. The topological polar surface area (TPSA) is 109 Å². The highest BCUT2D eigenvalue weighted by Gasteiger charge is 2.30. The van der Waals surface area contributed by atoms with Gasteiger partial charge in [-0.05, 0) is 70.7 Å². The molecule has 2 amide bonds. The Labute approximate surface area is 233 Å². The summed E-state index contributed by atoms with van der Waals surface area (Å²) in [6.45, 7) is 9.99. The number of amides is 2. The number of carbonyl (C=O) groups excluding carboxylic acids is 2. The molecule has 1 saturated heterocycles. The van der Waals surface area contributed by atoms with Gasteiger partial charge in [0, 0.05) is 37.5 Å². The fourth-order valence-electron chi connectivity index (χ4n) is 4.72. The predicted octanol–water partition coefficient (Wildman–Crippen LogP) is 4.72. The molecule has 1 aliphatic rings. The van der Waals surface area contributed by atoms with Crippen molar-refractivity contribution in [1.82, 2.24) is 19.6 Å². The SMILES string of the molecule is Cc1cn2cc(-c3ccc(C[C@@H](C#N)NC(=O)[C@@H]4CN(C(=O)OC(C)(C)C)CCCCO4)c(F)c3)cc2c(C)n1. The highest BCUT2D eigenvalue weighted by Crippen LogP contribution is 2.26. The van der Waals surface area contributed by atoms with Crippen LogP contribution in [-0.2, 0) is 20.7 Å². The van der Waals surface area contributed by atoms with Crippen molar-refractivity contribution in [3.63, 3.8) is 0 Å². The van der Waals surface area contributed by atoms with Crippen LogP contribution in [0, 0.1) is 31.0 Å². The van der Waals surface area contributed by atoms with Crippen molar-refractivity contribution in [2.24, 2.45) is 0 Å². The molecule has 9 nitrogen and oxygen atoms in total. The Bertz CT molecular complexity index is 1440. The first kappa shape index (κ1) is 29.0. The number of nitrogens with zero attached hydrogens (tertiary/aromatic N) is 4. The van der Waals surface area contributed by atoms with Crippen LogP contribution in [0.1, 0.15) is 50.6 Å². The van der Waals surface area contributed by atoms with Gasteiger partial charge in [0.25, 0.3) is 5.91 Å². The number of halogens is 1. The molecule has 10 heteroatoms. The van der Waals surface area contributed by atoms with Gasteiger partial charge in [-0.3, -0.25) is 9.78 Å². The van der Waals surface area contributed by atoms with Crippen LogP contribution in [0.15, 0.2) is 36.7 Å². The summed E-state index contributed by atoms with van der Waals surface area (Å²) in [5.74, 6) is -0.995. The maximum Gasteiger partial charge on any atom is 0.410 e. The number of ether oxygens (including phenoxy) is 2. The van der Waals surface area contributed by atoms with Gasteiger partial charge in [-0.1, -0.05) is 12.1 Å². The Kier molecular flexibility index (Phi) is 8.74. The van der Waals surface area contributed by atoms with Crippen molar-refractivity contribution in [2.45, 2.75) is 71.6 Å². The van der Waals surface area contributed by atoms with E-state index in [-0.39, 0.29) is 13.0 Å². The van der Waals surface area contributed by atoms with E-state index in [2.05, 4.69) is 10.3 Å². The lowest BCUT2D eigenvalue weighted by molar-refractivity contribution is -0.135. The first-order valence-electron chi connectivity index (χ1n) is 13.5. The Morgan fingerprint density at radius 1 is 1.23 bits per heavy atom. The lowest BCUT2D eigenvalue weighted by Crippen LogP contribution is -2.51. The van der Waals surface area contributed by atoms with Crippen LogP contribution in [-0.4, -0.2) is 63.7 Å².